The van der Waals surface area contributed by atoms with Gasteiger partial charge in [-0.25, -0.2) is 0 Å². The second-order valence-electron chi connectivity index (χ2n) is 3.86. The van der Waals surface area contributed by atoms with E-state index in [-0.39, 0.29) is 12.1 Å². The molecule has 0 amide bonds. The molecule has 1 aliphatic heterocycles. The van der Waals surface area contributed by atoms with Gasteiger partial charge in [-0.2, -0.15) is 0 Å². The minimum atomic E-state index is 0.131. The van der Waals surface area contributed by atoms with Crippen LogP contribution >= 0.6 is 0 Å². The summed E-state index contributed by atoms with van der Waals surface area (Å²) >= 11 is 0. The largest absolute Gasteiger partial charge is 0.486 e. The Labute approximate surface area is 90.2 Å². The molecule has 82 valence electrons. The molecule has 0 radical (unpaired) electrons. The van der Waals surface area contributed by atoms with Crippen LogP contribution in [0.3, 0.4) is 0 Å². The second-order valence-corrected chi connectivity index (χ2v) is 3.86. The number of hydrogen-bond donors (Lipinski definition) is 1. The molecule has 0 unspecified atom stereocenters. The Morgan fingerprint density at radius 1 is 1.40 bits per heavy atom. The summed E-state index contributed by atoms with van der Waals surface area (Å²) in [5.74, 6) is 0.898. The summed E-state index contributed by atoms with van der Waals surface area (Å²) < 4.78 is 10.7. The Kier molecular flexibility index (Phi) is 3.23. The zero-order valence-corrected chi connectivity index (χ0v) is 8.98. The lowest BCUT2D eigenvalue weighted by Gasteiger charge is -2.26. The molecule has 0 spiro atoms. The zero-order chi connectivity index (χ0) is 10.7. The number of benzene rings is 1. The van der Waals surface area contributed by atoms with Gasteiger partial charge in [-0.15, -0.1) is 0 Å². The summed E-state index contributed by atoms with van der Waals surface area (Å²) in [5.41, 5.74) is 7.08. The van der Waals surface area contributed by atoms with Crippen molar-refractivity contribution >= 4 is 0 Å². The van der Waals surface area contributed by atoms with E-state index in [1.165, 1.54) is 0 Å². The Morgan fingerprint density at radius 3 is 2.53 bits per heavy atom. The van der Waals surface area contributed by atoms with Crippen molar-refractivity contribution < 1.29 is 9.47 Å². The molecular formula is C12H17NO2. The molecule has 0 bridgehead atoms. The summed E-state index contributed by atoms with van der Waals surface area (Å²) in [7, 11) is 0. The van der Waals surface area contributed by atoms with Crippen LogP contribution < -0.4 is 10.5 Å². The van der Waals surface area contributed by atoms with Gasteiger partial charge in [-0.05, 0) is 24.1 Å². The summed E-state index contributed by atoms with van der Waals surface area (Å²) in [6.45, 7) is 3.49. The Balaban J connectivity index is 1.96. The van der Waals surface area contributed by atoms with Gasteiger partial charge < -0.3 is 15.2 Å². The quantitative estimate of drug-likeness (QED) is 0.819. The molecule has 2 N–H and O–H groups in total. The highest BCUT2D eigenvalue weighted by atomic mass is 16.6. The number of rotatable bonds is 4. The number of nitrogens with two attached hydrogens (primary N) is 1. The van der Waals surface area contributed by atoms with Crippen molar-refractivity contribution in [3.8, 4) is 5.75 Å². The lowest BCUT2D eigenvalue weighted by Crippen LogP contribution is -2.38. The van der Waals surface area contributed by atoms with Crippen LogP contribution in [0, 0.1) is 0 Å². The molecule has 15 heavy (non-hydrogen) atoms. The highest BCUT2D eigenvalue weighted by Crippen LogP contribution is 2.20. The van der Waals surface area contributed by atoms with Crippen LogP contribution in [0.15, 0.2) is 24.3 Å². The van der Waals surface area contributed by atoms with Crippen LogP contribution in [0.25, 0.3) is 0 Å². The maximum atomic E-state index is 5.92. The van der Waals surface area contributed by atoms with Crippen molar-refractivity contribution in [2.75, 3.05) is 13.2 Å². The van der Waals surface area contributed by atoms with Crippen LogP contribution in [-0.4, -0.2) is 19.3 Å². The number of hydrogen-bond acceptors (Lipinski definition) is 3. The first-order valence-electron chi connectivity index (χ1n) is 5.39. The standard InChI is InChI=1S/C12H17NO2/c1-2-12(13)9-3-5-10(6-4-9)15-11-7-14-8-11/h3-6,11-12H,2,7-8,13H2,1H3/t12-/m1/s1. The summed E-state index contributed by atoms with van der Waals surface area (Å²) in [5, 5.41) is 0. The summed E-state index contributed by atoms with van der Waals surface area (Å²) in [6, 6.07) is 8.14. The van der Waals surface area contributed by atoms with E-state index in [1.807, 2.05) is 24.3 Å². The maximum Gasteiger partial charge on any atom is 0.145 e. The monoisotopic (exact) mass is 207 g/mol. The fourth-order valence-corrected chi connectivity index (χ4v) is 1.50. The van der Waals surface area contributed by atoms with Gasteiger partial charge in [0.25, 0.3) is 0 Å². The lowest BCUT2D eigenvalue weighted by atomic mass is 10.1. The molecular weight excluding hydrogens is 190 g/mol. The Hall–Kier alpha value is -1.06. The lowest BCUT2D eigenvalue weighted by molar-refractivity contribution is -0.0796. The topological polar surface area (TPSA) is 44.5 Å². The highest BCUT2D eigenvalue weighted by molar-refractivity contribution is 5.29. The zero-order valence-electron chi connectivity index (χ0n) is 8.98. The fraction of sp³-hybridized carbons (Fsp3) is 0.500. The molecule has 1 fully saturated rings. The van der Waals surface area contributed by atoms with Gasteiger partial charge in [0, 0.05) is 6.04 Å². The fourth-order valence-electron chi connectivity index (χ4n) is 1.50. The van der Waals surface area contributed by atoms with Crippen LogP contribution in [0.2, 0.25) is 0 Å². The SMILES string of the molecule is CC[C@@H](N)c1ccc(OC2COC2)cc1. The molecule has 1 aromatic rings. The predicted octanol–water partition coefficient (Wildman–Crippen LogP) is 1.87. The van der Waals surface area contributed by atoms with Crippen molar-refractivity contribution in [2.45, 2.75) is 25.5 Å². The van der Waals surface area contributed by atoms with E-state index in [2.05, 4.69) is 6.92 Å². The molecule has 0 saturated carbocycles. The molecule has 1 aliphatic rings. The van der Waals surface area contributed by atoms with E-state index in [0.717, 1.165) is 17.7 Å². The first-order valence-corrected chi connectivity index (χ1v) is 5.39. The average molecular weight is 207 g/mol. The maximum absolute atomic E-state index is 5.92. The summed E-state index contributed by atoms with van der Waals surface area (Å²) in [4.78, 5) is 0. The average Bonchev–Trinajstić information content (AvgIpc) is 2.23. The van der Waals surface area contributed by atoms with Gasteiger partial charge in [0.2, 0.25) is 0 Å². The first kappa shape index (κ1) is 10.5. The van der Waals surface area contributed by atoms with Crippen LogP contribution in [0.5, 0.6) is 5.75 Å². The van der Waals surface area contributed by atoms with Gasteiger partial charge in [0.05, 0.1) is 13.2 Å². The van der Waals surface area contributed by atoms with Gasteiger partial charge in [0.15, 0.2) is 0 Å². The van der Waals surface area contributed by atoms with Crippen molar-refractivity contribution in [1.29, 1.82) is 0 Å². The summed E-state index contributed by atoms with van der Waals surface area (Å²) in [6.07, 6.45) is 1.19. The van der Waals surface area contributed by atoms with Gasteiger partial charge in [0.1, 0.15) is 11.9 Å². The first-order chi connectivity index (χ1) is 7.29. The molecule has 0 aliphatic carbocycles. The third-order valence-corrected chi connectivity index (χ3v) is 2.66. The van der Waals surface area contributed by atoms with Gasteiger partial charge in [-0.1, -0.05) is 19.1 Å². The predicted molar refractivity (Wildman–Crippen MR) is 58.9 cm³/mol. The normalized spacial score (nSPS) is 18.3. The molecule has 2 rings (SSSR count). The third kappa shape index (κ3) is 2.49. The minimum Gasteiger partial charge on any atom is -0.486 e. The smallest absolute Gasteiger partial charge is 0.145 e. The van der Waals surface area contributed by atoms with E-state index in [0.29, 0.717) is 13.2 Å². The van der Waals surface area contributed by atoms with Crippen molar-refractivity contribution in [1.82, 2.24) is 0 Å². The molecule has 3 nitrogen and oxygen atoms in total. The molecule has 0 aromatic heterocycles. The minimum absolute atomic E-state index is 0.131. The molecule has 1 aromatic carbocycles. The van der Waals surface area contributed by atoms with Crippen molar-refractivity contribution in [3.05, 3.63) is 29.8 Å². The third-order valence-electron chi connectivity index (χ3n) is 2.66. The van der Waals surface area contributed by atoms with Crippen molar-refractivity contribution in [3.63, 3.8) is 0 Å². The Morgan fingerprint density at radius 2 is 2.07 bits per heavy atom. The number of ether oxygens (including phenoxy) is 2. The van der Waals surface area contributed by atoms with Crippen LogP contribution in [-0.2, 0) is 4.74 Å². The van der Waals surface area contributed by atoms with Gasteiger partial charge in [-0.3, -0.25) is 0 Å². The molecule has 1 atom stereocenters. The van der Waals surface area contributed by atoms with E-state index in [9.17, 15) is 0 Å². The second kappa shape index (κ2) is 4.64. The van der Waals surface area contributed by atoms with E-state index in [4.69, 9.17) is 15.2 Å². The van der Waals surface area contributed by atoms with E-state index in [1.54, 1.807) is 0 Å². The van der Waals surface area contributed by atoms with E-state index >= 15 is 0 Å². The van der Waals surface area contributed by atoms with E-state index < -0.39 is 0 Å². The van der Waals surface area contributed by atoms with Crippen LogP contribution in [0.1, 0.15) is 24.9 Å². The van der Waals surface area contributed by atoms with Gasteiger partial charge >= 0.3 is 0 Å². The Bertz CT molecular complexity index is 306. The van der Waals surface area contributed by atoms with Crippen molar-refractivity contribution in [2.24, 2.45) is 5.73 Å². The van der Waals surface area contributed by atoms with Crippen LogP contribution in [0.4, 0.5) is 0 Å². The molecule has 1 heterocycles. The molecule has 1 saturated heterocycles. The highest BCUT2D eigenvalue weighted by Gasteiger charge is 2.19. The molecule has 3 heteroatoms.